The van der Waals surface area contributed by atoms with Crippen LogP contribution in [0.25, 0.3) is 0 Å². The largest absolute Gasteiger partial charge is 0.381 e. The molecular formula is C17H26N4O3. The van der Waals surface area contributed by atoms with Gasteiger partial charge in [-0.05, 0) is 45.1 Å². The van der Waals surface area contributed by atoms with Crippen molar-refractivity contribution in [3.05, 3.63) is 11.7 Å². The second-order valence-corrected chi connectivity index (χ2v) is 7.29. The van der Waals surface area contributed by atoms with Crippen molar-refractivity contribution in [1.29, 1.82) is 0 Å². The summed E-state index contributed by atoms with van der Waals surface area (Å²) < 4.78 is 10.8. The molecule has 1 aromatic rings. The molecule has 2 aliphatic heterocycles. The van der Waals surface area contributed by atoms with Crippen LogP contribution in [0.5, 0.6) is 0 Å². The molecule has 1 aliphatic carbocycles. The minimum absolute atomic E-state index is 0.0983. The molecule has 0 spiro atoms. The van der Waals surface area contributed by atoms with Gasteiger partial charge in [0.25, 0.3) is 0 Å². The molecule has 0 aromatic carbocycles. The van der Waals surface area contributed by atoms with E-state index in [9.17, 15) is 4.79 Å². The second-order valence-electron chi connectivity index (χ2n) is 7.29. The number of ether oxygens (including phenoxy) is 1. The van der Waals surface area contributed by atoms with Crippen molar-refractivity contribution in [2.75, 3.05) is 26.3 Å². The summed E-state index contributed by atoms with van der Waals surface area (Å²) in [4.78, 5) is 19.1. The van der Waals surface area contributed by atoms with Gasteiger partial charge in [-0.15, -0.1) is 0 Å². The first-order valence-corrected chi connectivity index (χ1v) is 9.21. The van der Waals surface area contributed by atoms with Gasteiger partial charge >= 0.3 is 0 Å². The minimum Gasteiger partial charge on any atom is -0.381 e. The van der Waals surface area contributed by atoms with E-state index in [4.69, 9.17) is 9.26 Å². The molecule has 0 radical (unpaired) electrons. The van der Waals surface area contributed by atoms with Crippen LogP contribution in [0.15, 0.2) is 4.52 Å². The molecule has 1 atom stereocenters. The number of nitrogens with one attached hydrogen (secondary N) is 1. The molecule has 0 bridgehead atoms. The summed E-state index contributed by atoms with van der Waals surface area (Å²) in [5, 5.41) is 7.27. The van der Waals surface area contributed by atoms with Crippen molar-refractivity contribution in [1.82, 2.24) is 20.4 Å². The van der Waals surface area contributed by atoms with E-state index in [2.05, 4.69) is 20.4 Å². The van der Waals surface area contributed by atoms with Crippen molar-refractivity contribution in [3.63, 3.8) is 0 Å². The highest BCUT2D eigenvalue weighted by Gasteiger charge is 2.31. The number of nitrogens with zero attached hydrogens (tertiary/aromatic N) is 3. The molecule has 1 amide bonds. The summed E-state index contributed by atoms with van der Waals surface area (Å²) in [5.74, 6) is 2.13. The first-order valence-electron chi connectivity index (χ1n) is 9.21. The zero-order chi connectivity index (χ0) is 16.4. The highest BCUT2D eigenvalue weighted by atomic mass is 16.5. The van der Waals surface area contributed by atoms with Gasteiger partial charge in [0.15, 0.2) is 5.82 Å². The molecule has 24 heavy (non-hydrogen) atoms. The maximum atomic E-state index is 12.3. The Morgan fingerprint density at radius 1 is 1.21 bits per heavy atom. The van der Waals surface area contributed by atoms with Gasteiger partial charge in [0.1, 0.15) is 0 Å². The number of carbonyl (C=O) groups is 1. The van der Waals surface area contributed by atoms with Gasteiger partial charge < -0.3 is 14.6 Å². The van der Waals surface area contributed by atoms with E-state index in [0.717, 1.165) is 76.5 Å². The molecule has 7 nitrogen and oxygen atoms in total. The van der Waals surface area contributed by atoms with Gasteiger partial charge in [0.2, 0.25) is 11.8 Å². The molecule has 1 N–H and O–H groups in total. The maximum absolute atomic E-state index is 12.3. The predicted octanol–water partition coefficient (Wildman–Crippen LogP) is 1.45. The van der Waals surface area contributed by atoms with E-state index in [1.807, 2.05) is 0 Å². The second kappa shape index (κ2) is 7.19. The van der Waals surface area contributed by atoms with Gasteiger partial charge in [-0.3, -0.25) is 9.69 Å². The lowest BCUT2D eigenvalue weighted by molar-refractivity contribution is -0.126. The number of rotatable bonds is 5. The quantitative estimate of drug-likeness (QED) is 0.878. The van der Waals surface area contributed by atoms with Crippen LogP contribution in [0.2, 0.25) is 0 Å². The minimum atomic E-state index is 0.0983. The molecule has 3 fully saturated rings. The molecule has 1 unspecified atom stereocenters. The first-order chi connectivity index (χ1) is 11.8. The fraction of sp³-hybridized carbons (Fsp3) is 0.824. The first kappa shape index (κ1) is 16.0. The Hall–Kier alpha value is -1.47. The SMILES string of the molecule is O=C(NC1CC1)C1CCCN(Cc2noc(C3CCOCC3)n2)C1. The molecule has 1 aromatic heterocycles. The smallest absolute Gasteiger partial charge is 0.229 e. The van der Waals surface area contributed by atoms with Crippen molar-refractivity contribution >= 4 is 5.91 Å². The Morgan fingerprint density at radius 2 is 2.04 bits per heavy atom. The average molecular weight is 334 g/mol. The number of carbonyl (C=O) groups excluding carboxylic acids is 1. The van der Waals surface area contributed by atoms with Gasteiger partial charge in [-0.1, -0.05) is 5.16 Å². The van der Waals surface area contributed by atoms with Crippen LogP contribution in [0, 0.1) is 5.92 Å². The van der Waals surface area contributed by atoms with E-state index in [1.54, 1.807) is 0 Å². The predicted molar refractivity (Wildman–Crippen MR) is 86.3 cm³/mol. The van der Waals surface area contributed by atoms with Gasteiger partial charge in [-0.25, -0.2) is 0 Å². The van der Waals surface area contributed by atoms with Crippen LogP contribution in [0.4, 0.5) is 0 Å². The van der Waals surface area contributed by atoms with Crippen LogP contribution >= 0.6 is 0 Å². The lowest BCUT2D eigenvalue weighted by Crippen LogP contribution is -2.43. The Morgan fingerprint density at radius 3 is 2.83 bits per heavy atom. The van der Waals surface area contributed by atoms with Crippen molar-refractivity contribution in [2.24, 2.45) is 5.92 Å². The number of hydrogen-bond acceptors (Lipinski definition) is 6. The van der Waals surface area contributed by atoms with E-state index in [0.29, 0.717) is 18.5 Å². The molecule has 2 saturated heterocycles. The summed E-state index contributed by atoms with van der Waals surface area (Å²) in [5.41, 5.74) is 0. The fourth-order valence-electron chi connectivity index (χ4n) is 3.60. The van der Waals surface area contributed by atoms with Crippen LogP contribution in [-0.2, 0) is 16.1 Å². The number of piperidine rings is 1. The third-order valence-electron chi connectivity index (χ3n) is 5.22. The zero-order valence-electron chi connectivity index (χ0n) is 14.1. The van der Waals surface area contributed by atoms with Crippen molar-refractivity contribution in [2.45, 2.75) is 57.0 Å². The van der Waals surface area contributed by atoms with E-state index in [1.165, 1.54) is 0 Å². The summed E-state index contributed by atoms with van der Waals surface area (Å²) in [6, 6.07) is 0.437. The highest BCUT2D eigenvalue weighted by molar-refractivity contribution is 5.79. The summed E-state index contributed by atoms with van der Waals surface area (Å²) in [6.45, 7) is 3.99. The summed E-state index contributed by atoms with van der Waals surface area (Å²) in [6.07, 6.45) is 6.21. The average Bonchev–Trinajstić information content (AvgIpc) is 3.31. The molecule has 3 heterocycles. The Kier molecular flexibility index (Phi) is 4.80. The van der Waals surface area contributed by atoms with Crippen molar-refractivity contribution < 1.29 is 14.1 Å². The highest BCUT2D eigenvalue weighted by Crippen LogP contribution is 2.26. The Bertz CT molecular complexity index is 566. The van der Waals surface area contributed by atoms with Crippen LogP contribution in [0.1, 0.15) is 56.2 Å². The molecule has 132 valence electrons. The maximum Gasteiger partial charge on any atom is 0.229 e. The van der Waals surface area contributed by atoms with Crippen LogP contribution in [-0.4, -0.2) is 53.3 Å². The normalized spacial score (nSPS) is 26.4. The van der Waals surface area contributed by atoms with Gasteiger partial charge in [0.05, 0.1) is 12.5 Å². The standard InChI is InChI=1S/C17H26N4O3/c22-16(18-14-3-4-14)13-2-1-7-21(10-13)11-15-19-17(24-20-15)12-5-8-23-9-6-12/h12-14H,1-11H2,(H,18,22). The Balaban J connectivity index is 1.31. The molecule has 1 saturated carbocycles. The third-order valence-corrected chi connectivity index (χ3v) is 5.22. The monoisotopic (exact) mass is 334 g/mol. The zero-order valence-corrected chi connectivity index (χ0v) is 14.1. The molecule has 7 heteroatoms. The van der Waals surface area contributed by atoms with Gasteiger partial charge in [0, 0.05) is 31.7 Å². The van der Waals surface area contributed by atoms with E-state index < -0.39 is 0 Å². The van der Waals surface area contributed by atoms with Crippen LogP contribution < -0.4 is 5.32 Å². The fourth-order valence-corrected chi connectivity index (χ4v) is 3.60. The van der Waals surface area contributed by atoms with Crippen LogP contribution in [0.3, 0.4) is 0 Å². The number of amides is 1. The molecule has 3 aliphatic rings. The lowest BCUT2D eigenvalue weighted by atomic mass is 9.97. The van der Waals surface area contributed by atoms with E-state index in [-0.39, 0.29) is 11.8 Å². The molecular weight excluding hydrogens is 308 g/mol. The van der Waals surface area contributed by atoms with Gasteiger partial charge in [-0.2, -0.15) is 4.98 Å². The van der Waals surface area contributed by atoms with Crippen molar-refractivity contribution in [3.8, 4) is 0 Å². The third kappa shape index (κ3) is 3.95. The summed E-state index contributed by atoms with van der Waals surface area (Å²) in [7, 11) is 0. The number of hydrogen-bond donors (Lipinski definition) is 1. The number of aromatic nitrogens is 2. The lowest BCUT2D eigenvalue weighted by Gasteiger charge is -2.31. The van der Waals surface area contributed by atoms with E-state index >= 15 is 0 Å². The molecule has 4 rings (SSSR count). The Labute approximate surface area is 142 Å². The number of likely N-dealkylation sites (tertiary alicyclic amines) is 1. The summed E-state index contributed by atoms with van der Waals surface area (Å²) >= 11 is 0. The topological polar surface area (TPSA) is 80.5 Å².